The number of nitrogens with one attached hydrogen (secondary N) is 2. The van der Waals surface area contributed by atoms with E-state index in [1.54, 1.807) is 6.21 Å². The largest absolute Gasteiger partial charge is 0.353 e. The maximum absolute atomic E-state index is 11.8. The molecule has 0 saturated carbocycles. The summed E-state index contributed by atoms with van der Waals surface area (Å²) in [5, 5.41) is 6.68. The van der Waals surface area contributed by atoms with Crippen LogP contribution in [-0.4, -0.2) is 28.6 Å². The van der Waals surface area contributed by atoms with Gasteiger partial charge >= 0.3 is 0 Å². The lowest BCUT2D eigenvalue weighted by Gasteiger charge is -2.13. The minimum atomic E-state index is -0.437. The van der Waals surface area contributed by atoms with E-state index in [9.17, 15) is 9.59 Å². The van der Waals surface area contributed by atoms with E-state index < -0.39 is 5.91 Å². The van der Waals surface area contributed by atoms with Crippen molar-refractivity contribution in [1.82, 2.24) is 15.3 Å². The zero-order chi connectivity index (χ0) is 20.1. The van der Waals surface area contributed by atoms with Gasteiger partial charge < -0.3 is 9.88 Å². The van der Waals surface area contributed by atoms with Crippen LogP contribution in [0.4, 0.5) is 0 Å². The van der Waals surface area contributed by atoms with E-state index in [-0.39, 0.29) is 18.4 Å². The number of hydrogen-bond acceptors (Lipinski definition) is 3. The fourth-order valence-corrected chi connectivity index (χ4v) is 2.98. The predicted molar refractivity (Wildman–Crippen MR) is 108 cm³/mol. The summed E-state index contributed by atoms with van der Waals surface area (Å²) in [4.78, 5) is 23.4. The maximum atomic E-state index is 11.8. The van der Waals surface area contributed by atoms with Gasteiger partial charge in [-0.25, -0.2) is 5.43 Å². The summed E-state index contributed by atoms with van der Waals surface area (Å²) in [6, 6.07) is 8.40. The van der Waals surface area contributed by atoms with Crippen LogP contribution in [0.15, 0.2) is 29.4 Å². The molecule has 144 valence electrons. The number of amides is 2. The molecule has 0 unspecified atom stereocenters. The maximum Gasteiger partial charge on any atom is 0.249 e. The van der Waals surface area contributed by atoms with Gasteiger partial charge in [0.15, 0.2) is 0 Å². The van der Waals surface area contributed by atoms with Gasteiger partial charge in [0.1, 0.15) is 6.42 Å². The zero-order valence-electron chi connectivity index (χ0n) is 16.9. The average molecular weight is 368 g/mol. The second-order valence-electron chi connectivity index (χ2n) is 7.14. The molecule has 0 saturated heterocycles. The second kappa shape index (κ2) is 8.66. The number of rotatable bonds is 6. The average Bonchev–Trinajstić information content (AvgIpc) is 2.83. The number of aryl methyl sites for hydroxylation is 3. The Hall–Kier alpha value is -2.89. The SMILES string of the molecule is Cc1ccc(C)c(-n2c(C)cc(/C=N/NC(=O)CC(=O)NC(C)C)c2C)c1. The standard InChI is InChI=1S/C21H28N4O2/c1-13(2)23-20(26)11-21(27)24-22-12-18-10-16(5)25(17(18)6)19-9-14(3)7-8-15(19)4/h7-10,12-13H,11H2,1-6H3,(H,23,26)(H,24,27)/b22-12+. The van der Waals surface area contributed by atoms with Gasteiger partial charge in [0.2, 0.25) is 11.8 Å². The lowest BCUT2D eigenvalue weighted by molar-refractivity contribution is -0.129. The van der Waals surface area contributed by atoms with Crippen LogP contribution >= 0.6 is 0 Å². The Labute approximate surface area is 160 Å². The molecular formula is C21H28N4O2. The van der Waals surface area contributed by atoms with Crippen molar-refractivity contribution in [2.75, 3.05) is 0 Å². The molecule has 0 atom stereocenters. The van der Waals surface area contributed by atoms with E-state index in [0.29, 0.717) is 0 Å². The highest BCUT2D eigenvalue weighted by Gasteiger charge is 2.12. The summed E-state index contributed by atoms with van der Waals surface area (Å²) in [6.45, 7) is 11.9. The highest BCUT2D eigenvalue weighted by molar-refractivity contribution is 5.97. The monoisotopic (exact) mass is 368 g/mol. The number of carbonyl (C=O) groups excluding carboxylic acids is 2. The van der Waals surface area contributed by atoms with Gasteiger partial charge in [0, 0.05) is 28.7 Å². The summed E-state index contributed by atoms with van der Waals surface area (Å²) < 4.78 is 2.18. The molecule has 27 heavy (non-hydrogen) atoms. The molecule has 6 heteroatoms. The first kappa shape index (κ1) is 20.4. The smallest absolute Gasteiger partial charge is 0.249 e. The minimum Gasteiger partial charge on any atom is -0.353 e. The third-order valence-electron chi connectivity index (χ3n) is 4.24. The number of benzene rings is 1. The molecular weight excluding hydrogens is 340 g/mol. The van der Waals surface area contributed by atoms with Crippen molar-refractivity contribution < 1.29 is 9.59 Å². The molecule has 0 aliphatic carbocycles. The Balaban J connectivity index is 2.12. The molecule has 2 N–H and O–H groups in total. The van der Waals surface area contributed by atoms with E-state index in [1.807, 2.05) is 33.8 Å². The fourth-order valence-electron chi connectivity index (χ4n) is 2.98. The minimum absolute atomic E-state index is 0.00395. The molecule has 1 heterocycles. The van der Waals surface area contributed by atoms with Crippen LogP contribution in [0.2, 0.25) is 0 Å². The lowest BCUT2D eigenvalue weighted by Crippen LogP contribution is -2.34. The number of aromatic nitrogens is 1. The summed E-state index contributed by atoms with van der Waals surface area (Å²) >= 11 is 0. The van der Waals surface area contributed by atoms with E-state index in [2.05, 4.69) is 52.5 Å². The molecule has 0 aliphatic rings. The molecule has 0 radical (unpaired) electrons. The summed E-state index contributed by atoms with van der Waals surface area (Å²) in [5.41, 5.74) is 8.98. The highest BCUT2D eigenvalue weighted by atomic mass is 16.2. The lowest BCUT2D eigenvalue weighted by atomic mass is 10.1. The third kappa shape index (κ3) is 5.29. The first-order valence-corrected chi connectivity index (χ1v) is 9.07. The predicted octanol–water partition coefficient (Wildman–Crippen LogP) is 3.08. The van der Waals surface area contributed by atoms with E-state index in [0.717, 1.165) is 22.6 Å². The molecule has 6 nitrogen and oxygen atoms in total. The first-order chi connectivity index (χ1) is 12.7. The molecule has 0 fully saturated rings. The topological polar surface area (TPSA) is 75.5 Å². The Morgan fingerprint density at radius 2 is 1.81 bits per heavy atom. The van der Waals surface area contributed by atoms with Crippen LogP contribution < -0.4 is 10.7 Å². The first-order valence-electron chi connectivity index (χ1n) is 9.07. The summed E-state index contributed by atoms with van der Waals surface area (Å²) in [6.07, 6.45) is 1.37. The third-order valence-corrected chi connectivity index (χ3v) is 4.24. The molecule has 0 spiro atoms. The van der Waals surface area contributed by atoms with Crippen molar-refractivity contribution in [2.24, 2.45) is 5.10 Å². The number of nitrogens with zero attached hydrogens (tertiary/aromatic N) is 2. The van der Waals surface area contributed by atoms with Gasteiger partial charge in [-0.1, -0.05) is 12.1 Å². The van der Waals surface area contributed by atoms with Crippen LogP contribution in [0.3, 0.4) is 0 Å². The fraction of sp³-hybridized carbons (Fsp3) is 0.381. The van der Waals surface area contributed by atoms with E-state index in [1.165, 1.54) is 11.1 Å². The van der Waals surface area contributed by atoms with Gasteiger partial charge in [-0.15, -0.1) is 0 Å². The molecule has 0 aliphatic heterocycles. The molecule has 2 amide bonds. The summed E-state index contributed by atoms with van der Waals surface area (Å²) in [5.74, 6) is -0.751. The highest BCUT2D eigenvalue weighted by Crippen LogP contribution is 2.23. The van der Waals surface area contributed by atoms with Crippen molar-refractivity contribution in [1.29, 1.82) is 0 Å². The molecule has 0 bridgehead atoms. The van der Waals surface area contributed by atoms with Gasteiger partial charge in [0.25, 0.3) is 0 Å². The number of hydrogen-bond donors (Lipinski definition) is 2. The van der Waals surface area contributed by atoms with Crippen molar-refractivity contribution in [3.63, 3.8) is 0 Å². The van der Waals surface area contributed by atoms with Crippen molar-refractivity contribution in [3.8, 4) is 5.69 Å². The van der Waals surface area contributed by atoms with Gasteiger partial charge in [-0.05, 0) is 64.8 Å². The Bertz CT molecular complexity index is 879. The van der Waals surface area contributed by atoms with E-state index in [4.69, 9.17) is 0 Å². The summed E-state index contributed by atoms with van der Waals surface area (Å²) in [7, 11) is 0. The number of carbonyl (C=O) groups is 2. The second-order valence-corrected chi connectivity index (χ2v) is 7.14. The van der Waals surface area contributed by atoms with Crippen molar-refractivity contribution in [2.45, 2.75) is 54.0 Å². The van der Waals surface area contributed by atoms with E-state index >= 15 is 0 Å². The van der Waals surface area contributed by atoms with Gasteiger partial charge in [-0.3, -0.25) is 9.59 Å². The molecule has 2 rings (SSSR count). The van der Waals surface area contributed by atoms with Crippen molar-refractivity contribution >= 4 is 18.0 Å². The Morgan fingerprint density at radius 1 is 1.11 bits per heavy atom. The molecule has 1 aromatic carbocycles. The Kier molecular flexibility index (Phi) is 6.55. The zero-order valence-corrected chi connectivity index (χ0v) is 16.9. The normalized spacial score (nSPS) is 11.2. The van der Waals surface area contributed by atoms with Gasteiger partial charge in [0.05, 0.1) is 6.21 Å². The molecule has 1 aromatic heterocycles. The van der Waals surface area contributed by atoms with Crippen LogP contribution in [0.5, 0.6) is 0 Å². The Morgan fingerprint density at radius 3 is 2.48 bits per heavy atom. The van der Waals surface area contributed by atoms with Gasteiger partial charge in [-0.2, -0.15) is 5.10 Å². The van der Waals surface area contributed by atoms with Crippen LogP contribution in [0, 0.1) is 27.7 Å². The quantitative estimate of drug-likeness (QED) is 0.467. The molecule has 2 aromatic rings. The van der Waals surface area contributed by atoms with Crippen LogP contribution in [0.1, 0.15) is 48.3 Å². The van der Waals surface area contributed by atoms with Crippen LogP contribution in [0.25, 0.3) is 5.69 Å². The van der Waals surface area contributed by atoms with Crippen molar-refractivity contribution in [3.05, 3.63) is 52.3 Å². The number of hydrazone groups is 1. The van der Waals surface area contributed by atoms with Crippen LogP contribution in [-0.2, 0) is 9.59 Å².